The van der Waals surface area contributed by atoms with Crippen LogP contribution in [-0.4, -0.2) is 18.9 Å². The van der Waals surface area contributed by atoms with E-state index in [1.807, 2.05) is 6.92 Å². The molecule has 0 aromatic rings. The Morgan fingerprint density at radius 3 is 3.08 bits per heavy atom. The van der Waals surface area contributed by atoms with Gasteiger partial charge in [-0.3, -0.25) is 4.79 Å². The van der Waals surface area contributed by atoms with E-state index in [0.717, 1.165) is 31.4 Å². The van der Waals surface area contributed by atoms with Crippen LogP contribution in [0.2, 0.25) is 0 Å². The summed E-state index contributed by atoms with van der Waals surface area (Å²) in [6.07, 6.45) is 4.18. The van der Waals surface area contributed by atoms with E-state index < -0.39 is 0 Å². The van der Waals surface area contributed by atoms with Gasteiger partial charge in [-0.15, -0.1) is 0 Å². The van der Waals surface area contributed by atoms with Crippen molar-refractivity contribution in [3.63, 3.8) is 0 Å². The van der Waals surface area contributed by atoms with Gasteiger partial charge in [-0.2, -0.15) is 0 Å². The Labute approximate surface area is 78.9 Å². The summed E-state index contributed by atoms with van der Waals surface area (Å²) in [6.45, 7) is 3.23. The molecule has 3 heteroatoms. The molecule has 1 aliphatic rings. The van der Waals surface area contributed by atoms with Crippen molar-refractivity contribution in [2.45, 2.75) is 26.2 Å². The van der Waals surface area contributed by atoms with Crippen LogP contribution in [0.4, 0.5) is 0 Å². The fourth-order valence-electron chi connectivity index (χ4n) is 1.44. The zero-order valence-corrected chi connectivity index (χ0v) is 8.08. The van der Waals surface area contributed by atoms with Crippen LogP contribution in [0.15, 0.2) is 11.8 Å². The summed E-state index contributed by atoms with van der Waals surface area (Å²) in [5, 5.41) is 0. The largest absolute Gasteiger partial charge is 0.501 e. The van der Waals surface area contributed by atoms with Crippen LogP contribution in [0.1, 0.15) is 26.2 Å². The van der Waals surface area contributed by atoms with Gasteiger partial charge in [0.1, 0.15) is 0 Å². The van der Waals surface area contributed by atoms with E-state index in [2.05, 4.69) is 0 Å². The molecular formula is C10H17NO2. The molecule has 1 unspecified atom stereocenters. The molecule has 0 radical (unpaired) electrons. The number of carbonyl (C=O) groups is 1. The van der Waals surface area contributed by atoms with Gasteiger partial charge in [0.25, 0.3) is 0 Å². The van der Waals surface area contributed by atoms with E-state index in [4.69, 9.17) is 10.5 Å². The van der Waals surface area contributed by atoms with E-state index in [1.165, 1.54) is 0 Å². The lowest BCUT2D eigenvalue weighted by molar-refractivity contribution is -0.119. The van der Waals surface area contributed by atoms with Crippen molar-refractivity contribution >= 4 is 5.78 Å². The van der Waals surface area contributed by atoms with E-state index in [-0.39, 0.29) is 11.7 Å². The second-order valence-electron chi connectivity index (χ2n) is 3.46. The van der Waals surface area contributed by atoms with E-state index >= 15 is 0 Å². The van der Waals surface area contributed by atoms with Crippen molar-refractivity contribution in [3.05, 3.63) is 11.8 Å². The SMILES string of the molecule is CC(CCN)C(=O)C1=COCCC1. The highest BCUT2D eigenvalue weighted by Gasteiger charge is 2.18. The highest BCUT2D eigenvalue weighted by molar-refractivity contribution is 5.96. The Balaban J connectivity index is 2.50. The Morgan fingerprint density at radius 2 is 2.54 bits per heavy atom. The first-order valence-corrected chi connectivity index (χ1v) is 4.80. The van der Waals surface area contributed by atoms with Crippen molar-refractivity contribution in [2.75, 3.05) is 13.2 Å². The molecule has 2 N–H and O–H groups in total. The number of allylic oxidation sites excluding steroid dienone is 1. The van der Waals surface area contributed by atoms with Gasteiger partial charge in [-0.1, -0.05) is 6.92 Å². The molecule has 3 nitrogen and oxygen atoms in total. The number of ketones is 1. The normalized spacial score (nSPS) is 18.8. The van der Waals surface area contributed by atoms with Gasteiger partial charge in [0.2, 0.25) is 0 Å². The fraction of sp³-hybridized carbons (Fsp3) is 0.700. The maximum absolute atomic E-state index is 11.7. The molecule has 0 saturated heterocycles. The Hall–Kier alpha value is -0.830. The molecule has 0 spiro atoms. The minimum Gasteiger partial charge on any atom is -0.501 e. The average Bonchev–Trinajstić information content (AvgIpc) is 2.18. The van der Waals surface area contributed by atoms with Gasteiger partial charge in [0, 0.05) is 11.5 Å². The fourth-order valence-corrected chi connectivity index (χ4v) is 1.44. The Morgan fingerprint density at radius 1 is 1.77 bits per heavy atom. The maximum Gasteiger partial charge on any atom is 0.164 e. The summed E-state index contributed by atoms with van der Waals surface area (Å²) in [4.78, 5) is 11.7. The smallest absolute Gasteiger partial charge is 0.164 e. The highest BCUT2D eigenvalue weighted by atomic mass is 16.5. The topological polar surface area (TPSA) is 52.3 Å². The Bertz CT molecular complexity index is 211. The summed E-state index contributed by atoms with van der Waals surface area (Å²) in [6, 6.07) is 0. The molecule has 1 heterocycles. The molecule has 1 aliphatic heterocycles. The second-order valence-corrected chi connectivity index (χ2v) is 3.46. The quantitative estimate of drug-likeness (QED) is 0.713. The Kier molecular flexibility index (Phi) is 3.96. The lowest BCUT2D eigenvalue weighted by Gasteiger charge is -2.15. The van der Waals surface area contributed by atoms with Crippen LogP contribution in [-0.2, 0) is 9.53 Å². The monoisotopic (exact) mass is 183 g/mol. The summed E-state index contributed by atoms with van der Waals surface area (Å²) in [7, 11) is 0. The molecule has 0 saturated carbocycles. The summed E-state index contributed by atoms with van der Waals surface area (Å²) < 4.78 is 5.12. The molecule has 1 atom stereocenters. The average molecular weight is 183 g/mol. The first-order valence-electron chi connectivity index (χ1n) is 4.80. The molecule has 0 aromatic heterocycles. The third-order valence-corrected chi connectivity index (χ3v) is 2.30. The summed E-state index contributed by atoms with van der Waals surface area (Å²) >= 11 is 0. The number of nitrogens with two attached hydrogens (primary N) is 1. The van der Waals surface area contributed by atoms with Gasteiger partial charge in [0.05, 0.1) is 12.9 Å². The van der Waals surface area contributed by atoms with Crippen molar-refractivity contribution in [2.24, 2.45) is 11.7 Å². The van der Waals surface area contributed by atoms with E-state index in [1.54, 1.807) is 6.26 Å². The van der Waals surface area contributed by atoms with Gasteiger partial charge in [-0.05, 0) is 25.8 Å². The first kappa shape index (κ1) is 10.3. The van der Waals surface area contributed by atoms with Crippen molar-refractivity contribution in [1.82, 2.24) is 0 Å². The summed E-state index contributed by atoms with van der Waals surface area (Å²) in [5.41, 5.74) is 6.22. The molecule has 0 aliphatic carbocycles. The number of rotatable bonds is 4. The molecule has 0 aromatic carbocycles. The molecule has 1 rings (SSSR count). The standard InChI is InChI=1S/C10H17NO2/c1-8(4-5-11)10(12)9-3-2-6-13-7-9/h7-8H,2-6,11H2,1H3. The minimum atomic E-state index is 0.0398. The molecule has 0 bridgehead atoms. The molecular weight excluding hydrogens is 166 g/mol. The third kappa shape index (κ3) is 2.84. The zero-order chi connectivity index (χ0) is 9.68. The van der Waals surface area contributed by atoms with E-state index in [9.17, 15) is 4.79 Å². The molecule has 74 valence electrons. The van der Waals surface area contributed by atoms with Gasteiger partial charge in [0.15, 0.2) is 5.78 Å². The maximum atomic E-state index is 11.7. The minimum absolute atomic E-state index is 0.0398. The predicted molar refractivity (Wildman–Crippen MR) is 51.1 cm³/mol. The number of hydrogen-bond acceptors (Lipinski definition) is 3. The van der Waals surface area contributed by atoms with Gasteiger partial charge >= 0.3 is 0 Å². The van der Waals surface area contributed by atoms with Crippen LogP contribution in [0.5, 0.6) is 0 Å². The predicted octanol–water partition coefficient (Wildman–Crippen LogP) is 1.23. The van der Waals surface area contributed by atoms with Gasteiger partial charge in [-0.25, -0.2) is 0 Å². The number of Topliss-reactive ketones (excluding diaryl/α,β-unsaturated/α-hetero) is 1. The summed E-state index contributed by atoms with van der Waals surface area (Å²) in [5.74, 6) is 0.239. The van der Waals surface area contributed by atoms with Crippen molar-refractivity contribution in [3.8, 4) is 0 Å². The highest BCUT2D eigenvalue weighted by Crippen LogP contribution is 2.18. The molecule has 13 heavy (non-hydrogen) atoms. The van der Waals surface area contributed by atoms with Crippen LogP contribution in [0.3, 0.4) is 0 Å². The van der Waals surface area contributed by atoms with E-state index in [0.29, 0.717) is 6.54 Å². The van der Waals surface area contributed by atoms with Crippen LogP contribution in [0.25, 0.3) is 0 Å². The third-order valence-electron chi connectivity index (χ3n) is 2.30. The lowest BCUT2D eigenvalue weighted by Crippen LogP contribution is -2.19. The lowest BCUT2D eigenvalue weighted by atomic mass is 9.94. The second kappa shape index (κ2) is 5.02. The molecule has 0 fully saturated rings. The number of hydrogen-bond donors (Lipinski definition) is 1. The van der Waals surface area contributed by atoms with Gasteiger partial charge < -0.3 is 10.5 Å². The number of carbonyl (C=O) groups excluding carboxylic acids is 1. The van der Waals surface area contributed by atoms with Crippen LogP contribution >= 0.6 is 0 Å². The number of ether oxygens (including phenoxy) is 1. The van der Waals surface area contributed by atoms with Crippen molar-refractivity contribution < 1.29 is 9.53 Å². The first-order chi connectivity index (χ1) is 6.25. The van der Waals surface area contributed by atoms with Crippen LogP contribution in [0, 0.1) is 5.92 Å². The molecule has 0 amide bonds. The van der Waals surface area contributed by atoms with Crippen molar-refractivity contribution in [1.29, 1.82) is 0 Å². The zero-order valence-electron chi connectivity index (χ0n) is 8.08. The van der Waals surface area contributed by atoms with Crippen LogP contribution < -0.4 is 5.73 Å².